The van der Waals surface area contributed by atoms with Gasteiger partial charge in [0.25, 0.3) is 5.89 Å². The highest BCUT2D eigenvalue weighted by atomic mass is 35.5. The molecule has 5 nitrogen and oxygen atoms in total. The molecule has 0 aromatic carbocycles. The van der Waals surface area contributed by atoms with E-state index < -0.39 is 5.97 Å². The number of carbonyl (C=O) groups excluding carboxylic acids is 1. The highest BCUT2D eigenvalue weighted by Gasteiger charge is 2.25. The van der Waals surface area contributed by atoms with Gasteiger partial charge in [-0.05, 0) is 36.6 Å². The second-order valence-corrected chi connectivity index (χ2v) is 4.58. The van der Waals surface area contributed by atoms with Crippen LogP contribution in [-0.4, -0.2) is 17.6 Å². The molecule has 0 aliphatic carbocycles. The van der Waals surface area contributed by atoms with E-state index in [4.69, 9.17) is 25.2 Å². The number of esters is 1. The van der Waals surface area contributed by atoms with Crippen LogP contribution < -0.4 is 0 Å². The number of aromatic nitrogens is 1. The van der Waals surface area contributed by atoms with E-state index in [0.717, 1.165) is 0 Å². The molecule has 2 aromatic rings. The zero-order chi connectivity index (χ0) is 14.0. The van der Waals surface area contributed by atoms with Gasteiger partial charge in [-0.15, -0.1) is 0 Å². The second-order valence-electron chi connectivity index (χ2n) is 4.21. The molecule has 2 aromatic heterocycles. The van der Waals surface area contributed by atoms with Crippen molar-refractivity contribution in [1.82, 2.24) is 4.98 Å². The molecule has 0 saturated heterocycles. The predicted octanol–water partition coefficient (Wildman–Crippen LogP) is 3.89. The van der Waals surface area contributed by atoms with Crippen LogP contribution in [0, 0.1) is 0 Å². The lowest BCUT2D eigenvalue weighted by Gasteiger charge is -2.02. The van der Waals surface area contributed by atoms with Crippen molar-refractivity contribution in [3.8, 4) is 11.7 Å². The van der Waals surface area contributed by atoms with E-state index in [2.05, 4.69) is 4.98 Å². The Morgan fingerprint density at radius 1 is 1.42 bits per heavy atom. The quantitative estimate of drug-likeness (QED) is 0.797. The van der Waals surface area contributed by atoms with Gasteiger partial charge in [-0.2, -0.15) is 0 Å². The molecule has 0 fully saturated rings. The maximum absolute atomic E-state index is 11.8. The van der Waals surface area contributed by atoms with E-state index >= 15 is 0 Å². The third-order valence-electron chi connectivity index (χ3n) is 2.45. The minimum atomic E-state index is -0.525. The average molecular weight is 284 g/mol. The van der Waals surface area contributed by atoms with Crippen LogP contribution in [0.5, 0.6) is 0 Å². The lowest BCUT2D eigenvalue weighted by atomic mass is 10.1. The Labute approximate surface area is 115 Å². The van der Waals surface area contributed by atoms with Crippen molar-refractivity contribution < 1.29 is 18.4 Å². The fourth-order valence-corrected chi connectivity index (χ4v) is 1.75. The summed E-state index contributed by atoms with van der Waals surface area (Å²) in [5, 5.41) is 0.233. The number of furan rings is 1. The molecule has 0 amide bonds. The Hall–Kier alpha value is -1.75. The smallest absolute Gasteiger partial charge is 0.376 e. The van der Waals surface area contributed by atoms with E-state index in [9.17, 15) is 4.79 Å². The first kappa shape index (κ1) is 13.7. The first-order valence-electron chi connectivity index (χ1n) is 5.96. The standard InChI is InChI=1S/C13H14ClNO4/c1-4-17-13(16)11-10(7(2)3)15-12(19-11)8-5-6-9(14)18-8/h5-7H,4H2,1-3H3. The number of rotatable bonds is 4. The molecule has 6 heteroatoms. The number of hydrogen-bond acceptors (Lipinski definition) is 5. The molecule has 0 spiro atoms. The monoisotopic (exact) mass is 283 g/mol. The van der Waals surface area contributed by atoms with Crippen molar-refractivity contribution in [2.45, 2.75) is 26.7 Å². The van der Waals surface area contributed by atoms with Crippen molar-refractivity contribution in [2.75, 3.05) is 6.61 Å². The maximum Gasteiger partial charge on any atom is 0.376 e. The summed E-state index contributed by atoms with van der Waals surface area (Å²) in [5.41, 5.74) is 0.543. The third kappa shape index (κ3) is 2.81. The highest BCUT2D eigenvalue weighted by molar-refractivity contribution is 6.28. The lowest BCUT2D eigenvalue weighted by molar-refractivity contribution is 0.0488. The molecule has 2 rings (SSSR count). The molecular formula is C13H14ClNO4. The van der Waals surface area contributed by atoms with Gasteiger partial charge < -0.3 is 13.6 Å². The minimum Gasteiger partial charge on any atom is -0.460 e. The molecule has 102 valence electrons. The minimum absolute atomic E-state index is 0.0299. The van der Waals surface area contributed by atoms with Gasteiger partial charge in [0.05, 0.1) is 12.3 Å². The Bertz CT molecular complexity index is 585. The number of ether oxygens (including phenoxy) is 1. The van der Waals surface area contributed by atoms with Crippen molar-refractivity contribution in [1.29, 1.82) is 0 Å². The normalized spacial score (nSPS) is 11.0. The van der Waals surface area contributed by atoms with Gasteiger partial charge in [-0.1, -0.05) is 13.8 Å². The molecule has 0 radical (unpaired) electrons. The zero-order valence-corrected chi connectivity index (χ0v) is 11.7. The molecule has 19 heavy (non-hydrogen) atoms. The number of halogens is 1. The lowest BCUT2D eigenvalue weighted by Crippen LogP contribution is -2.07. The van der Waals surface area contributed by atoms with Gasteiger partial charge in [0, 0.05) is 0 Å². The maximum atomic E-state index is 11.8. The van der Waals surface area contributed by atoms with Crippen LogP contribution in [0.3, 0.4) is 0 Å². The Morgan fingerprint density at radius 3 is 2.68 bits per heavy atom. The molecule has 0 bridgehead atoms. The van der Waals surface area contributed by atoms with Crippen molar-refractivity contribution in [3.05, 3.63) is 28.8 Å². The number of oxazole rings is 1. The van der Waals surface area contributed by atoms with Crippen molar-refractivity contribution in [3.63, 3.8) is 0 Å². The van der Waals surface area contributed by atoms with Crippen molar-refractivity contribution >= 4 is 17.6 Å². The molecule has 0 N–H and O–H groups in total. The number of nitrogens with zero attached hydrogens (tertiary/aromatic N) is 1. The largest absolute Gasteiger partial charge is 0.460 e. The van der Waals surface area contributed by atoms with E-state index in [1.165, 1.54) is 0 Å². The summed E-state index contributed by atoms with van der Waals surface area (Å²) in [7, 11) is 0. The summed E-state index contributed by atoms with van der Waals surface area (Å²) < 4.78 is 15.6. The van der Waals surface area contributed by atoms with Crippen LogP contribution in [0.25, 0.3) is 11.7 Å². The molecule has 2 heterocycles. The van der Waals surface area contributed by atoms with Gasteiger partial charge >= 0.3 is 5.97 Å². The summed E-state index contributed by atoms with van der Waals surface area (Å²) in [6, 6.07) is 3.22. The SMILES string of the molecule is CCOC(=O)c1oc(-c2ccc(Cl)o2)nc1C(C)C. The zero-order valence-electron chi connectivity index (χ0n) is 10.9. The van der Waals surface area contributed by atoms with Crippen LogP contribution in [0.2, 0.25) is 5.22 Å². The van der Waals surface area contributed by atoms with Gasteiger partial charge in [-0.3, -0.25) is 0 Å². The molecule has 0 aliphatic heterocycles. The van der Waals surface area contributed by atoms with Gasteiger partial charge in [0.2, 0.25) is 5.76 Å². The van der Waals surface area contributed by atoms with E-state index in [-0.39, 0.29) is 29.4 Å². The molecule has 0 atom stereocenters. The van der Waals surface area contributed by atoms with Crippen LogP contribution in [0.4, 0.5) is 0 Å². The Kier molecular flexibility index (Phi) is 3.95. The first-order chi connectivity index (χ1) is 9.02. The van der Waals surface area contributed by atoms with Crippen LogP contribution in [-0.2, 0) is 4.74 Å². The molecule has 0 aliphatic rings. The fraction of sp³-hybridized carbons (Fsp3) is 0.385. The summed E-state index contributed by atoms with van der Waals surface area (Å²) in [6.07, 6.45) is 0. The highest BCUT2D eigenvalue weighted by Crippen LogP contribution is 2.29. The topological polar surface area (TPSA) is 65.5 Å². The number of hydrogen-bond donors (Lipinski definition) is 0. The molecule has 0 unspecified atom stereocenters. The van der Waals surface area contributed by atoms with E-state index in [1.54, 1.807) is 19.1 Å². The van der Waals surface area contributed by atoms with Crippen LogP contribution >= 0.6 is 11.6 Å². The van der Waals surface area contributed by atoms with Crippen molar-refractivity contribution in [2.24, 2.45) is 0 Å². The van der Waals surface area contributed by atoms with Gasteiger partial charge in [0.1, 0.15) is 0 Å². The molecular weight excluding hydrogens is 270 g/mol. The van der Waals surface area contributed by atoms with Gasteiger partial charge in [-0.25, -0.2) is 9.78 Å². The summed E-state index contributed by atoms with van der Waals surface area (Å²) in [4.78, 5) is 16.1. The fourth-order valence-electron chi connectivity index (χ4n) is 1.60. The first-order valence-corrected chi connectivity index (χ1v) is 6.34. The number of carbonyl (C=O) groups is 1. The second kappa shape index (κ2) is 5.48. The van der Waals surface area contributed by atoms with E-state index in [1.807, 2.05) is 13.8 Å². The molecule has 0 saturated carbocycles. The average Bonchev–Trinajstić information content (AvgIpc) is 2.94. The Balaban J connectivity index is 2.43. The van der Waals surface area contributed by atoms with Crippen LogP contribution in [0.15, 0.2) is 21.0 Å². The Morgan fingerprint density at radius 2 is 2.16 bits per heavy atom. The van der Waals surface area contributed by atoms with Crippen LogP contribution in [0.1, 0.15) is 42.9 Å². The summed E-state index contributed by atoms with van der Waals surface area (Å²) in [5.74, 6) is 0.213. The van der Waals surface area contributed by atoms with E-state index in [0.29, 0.717) is 11.5 Å². The third-order valence-corrected chi connectivity index (χ3v) is 2.65. The summed E-state index contributed by atoms with van der Waals surface area (Å²) in [6.45, 7) is 5.84. The summed E-state index contributed by atoms with van der Waals surface area (Å²) >= 11 is 5.70. The van der Waals surface area contributed by atoms with Gasteiger partial charge in [0.15, 0.2) is 11.0 Å². The predicted molar refractivity (Wildman–Crippen MR) is 69.3 cm³/mol.